The standard InChI is InChI=1S/C22H29FN2O3/c1-25-16(14-26)11-15(22(25)17-7-4-5-8-19(17)23)12-24-13-18-20(27-2)9-6-10-21(18)28-3/h4-10,15-16,22,24,26H,11-14H2,1-3H3/t15-,16+,22-/m1/s1. The van der Waals surface area contributed by atoms with E-state index in [1.807, 2.05) is 37.4 Å². The van der Waals surface area contributed by atoms with Gasteiger partial charge in [-0.2, -0.15) is 0 Å². The molecule has 152 valence electrons. The maximum atomic E-state index is 14.5. The van der Waals surface area contributed by atoms with Crippen molar-refractivity contribution in [3.63, 3.8) is 0 Å². The van der Waals surface area contributed by atoms with E-state index in [0.29, 0.717) is 18.7 Å². The number of nitrogens with zero attached hydrogens (tertiary/aromatic N) is 1. The highest BCUT2D eigenvalue weighted by atomic mass is 19.1. The van der Waals surface area contributed by atoms with E-state index in [1.54, 1.807) is 20.3 Å². The van der Waals surface area contributed by atoms with E-state index in [4.69, 9.17) is 9.47 Å². The molecule has 2 N–H and O–H groups in total. The molecule has 2 aromatic carbocycles. The van der Waals surface area contributed by atoms with Crippen LogP contribution in [0.1, 0.15) is 23.6 Å². The number of likely N-dealkylation sites (N-methyl/N-ethyl adjacent to an activating group) is 1. The molecule has 2 aromatic rings. The van der Waals surface area contributed by atoms with Gasteiger partial charge in [0.2, 0.25) is 0 Å². The quantitative estimate of drug-likeness (QED) is 0.728. The minimum atomic E-state index is -0.200. The van der Waals surface area contributed by atoms with Crippen molar-refractivity contribution in [2.75, 3.05) is 34.4 Å². The molecule has 0 spiro atoms. The number of aliphatic hydroxyl groups excluding tert-OH is 1. The number of halogens is 1. The summed E-state index contributed by atoms with van der Waals surface area (Å²) in [6, 6.07) is 12.6. The Hall–Kier alpha value is -2.15. The number of hydrogen-bond acceptors (Lipinski definition) is 5. The summed E-state index contributed by atoms with van der Waals surface area (Å²) in [5.74, 6) is 1.53. The minimum Gasteiger partial charge on any atom is -0.496 e. The van der Waals surface area contributed by atoms with E-state index in [1.165, 1.54) is 6.07 Å². The zero-order chi connectivity index (χ0) is 20.1. The normalized spacial score (nSPS) is 22.4. The monoisotopic (exact) mass is 388 g/mol. The SMILES string of the molecule is COc1cccc(OC)c1CNC[C@H]1C[C@@H](CO)N(C)[C@H]1c1ccccc1F. The molecule has 0 aromatic heterocycles. The summed E-state index contributed by atoms with van der Waals surface area (Å²) < 4.78 is 25.4. The lowest BCUT2D eigenvalue weighted by molar-refractivity contribution is 0.151. The second-order valence-electron chi connectivity index (χ2n) is 7.24. The van der Waals surface area contributed by atoms with Gasteiger partial charge in [-0.05, 0) is 37.6 Å². The molecular weight excluding hydrogens is 359 g/mol. The van der Waals surface area contributed by atoms with Crippen molar-refractivity contribution in [2.45, 2.75) is 25.0 Å². The molecule has 28 heavy (non-hydrogen) atoms. The fourth-order valence-corrected chi connectivity index (χ4v) is 4.28. The van der Waals surface area contributed by atoms with E-state index < -0.39 is 0 Å². The highest BCUT2D eigenvalue weighted by Gasteiger charge is 2.40. The molecule has 1 saturated heterocycles. The van der Waals surface area contributed by atoms with Gasteiger partial charge in [-0.3, -0.25) is 4.90 Å². The Balaban J connectivity index is 1.75. The van der Waals surface area contributed by atoms with Gasteiger partial charge in [0, 0.05) is 36.3 Å². The average molecular weight is 388 g/mol. The summed E-state index contributed by atoms with van der Waals surface area (Å²) in [6.07, 6.45) is 0.808. The van der Waals surface area contributed by atoms with E-state index in [-0.39, 0.29) is 30.4 Å². The van der Waals surface area contributed by atoms with Crippen LogP contribution in [0.2, 0.25) is 0 Å². The number of likely N-dealkylation sites (tertiary alicyclic amines) is 1. The van der Waals surface area contributed by atoms with Crippen LogP contribution in [0.3, 0.4) is 0 Å². The Labute approximate surface area is 166 Å². The van der Waals surface area contributed by atoms with Gasteiger partial charge >= 0.3 is 0 Å². The first kappa shape index (κ1) is 20.6. The first-order valence-corrected chi connectivity index (χ1v) is 9.58. The van der Waals surface area contributed by atoms with E-state index in [9.17, 15) is 9.50 Å². The van der Waals surface area contributed by atoms with Crippen LogP contribution < -0.4 is 14.8 Å². The molecule has 0 saturated carbocycles. The summed E-state index contributed by atoms with van der Waals surface area (Å²) in [5, 5.41) is 13.2. The van der Waals surface area contributed by atoms with Gasteiger partial charge in [-0.1, -0.05) is 24.3 Å². The molecule has 1 fully saturated rings. The fourth-order valence-electron chi connectivity index (χ4n) is 4.28. The molecule has 0 aliphatic carbocycles. The third-order valence-electron chi connectivity index (χ3n) is 5.71. The first-order valence-electron chi connectivity index (χ1n) is 9.58. The zero-order valence-corrected chi connectivity index (χ0v) is 16.7. The van der Waals surface area contributed by atoms with Crippen molar-refractivity contribution in [1.82, 2.24) is 10.2 Å². The molecule has 0 radical (unpaired) electrons. The summed E-state index contributed by atoms with van der Waals surface area (Å²) in [4.78, 5) is 2.09. The second kappa shape index (κ2) is 9.37. The van der Waals surface area contributed by atoms with Gasteiger partial charge in [-0.15, -0.1) is 0 Å². The van der Waals surface area contributed by atoms with Crippen molar-refractivity contribution in [3.05, 3.63) is 59.4 Å². The largest absolute Gasteiger partial charge is 0.496 e. The Bertz CT molecular complexity index is 764. The fraction of sp³-hybridized carbons (Fsp3) is 0.455. The number of rotatable bonds is 8. The number of ether oxygens (including phenoxy) is 2. The van der Waals surface area contributed by atoms with Gasteiger partial charge in [0.05, 0.1) is 20.8 Å². The Morgan fingerprint density at radius 2 is 1.79 bits per heavy atom. The number of hydrogen-bond donors (Lipinski definition) is 2. The summed E-state index contributed by atoms with van der Waals surface area (Å²) in [5.41, 5.74) is 1.64. The molecule has 1 aliphatic heterocycles. The van der Waals surface area contributed by atoms with Crippen molar-refractivity contribution >= 4 is 0 Å². The van der Waals surface area contributed by atoms with Crippen LogP contribution in [0.5, 0.6) is 11.5 Å². The molecule has 0 unspecified atom stereocenters. The van der Waals surface area contributed by atoms with E-state index in [2.05, 4.69) is 10.2 Å². The molecular formula is C22H29FN2O3. The number of benzene rings is 2. The lowest BCUT2D eigenvalue weighted by Gasteiger charge is -2.28. The predicted molar refractivity (Wildman–Crippen MR) is 107 cm³/mol. The van der Waals surface area contributed by atoms with Crippen LogP contribution in [0.25, 0.3) is 0 Å². The van der Waals surface area contributed by atoms with Crippen LogP contribution in [-0.4, -0.2) is 50.5 Å². The van der Waals surface area contributed by atoms with Gasteiger partial charge in [-0.25, -0.2) is 4.39 Å². The van der Waals surface area contributed by atoms with Gasteiger partial charge in [0.15, 0.2) is 0 Å². The Morgan fingerprint density at radius 1 is 1.11 bits per heavy atom. The van der Waals surface area contributed by atoms with Gasteiger partial charge < -0.3 is 19.9 Å². The van der Waals surface area contributed by atoms with Crippen LogP contribution in [0.15, 0.2) is 42.5 Å². The molecule has 3 rings (SSSR count). The topological polar surface area (TPSA) is 54.0 Å². The highest BCUT2D eigenvalue weighted by Crippen LogP contribution is 2.40. The predicted octanol–water partition coefficient (Wildman–Crippen LogP) is 2.99. The molecule has 3 atom stereocenters. The van der Waals surface area contributed by atoms with Crippen molar-refractivity contribution < 1.29 is 19.0 Å². The van der Waals surface area contributed by atoms with Crippen molar-refractivity contribution in [3.8, 4) is 11.5 Å². The van der Waals surface area contributed by atoms with E-state index in [0.717, 1.165) is 23.5 Å². The van der Waals surface area contributed by atoms with Crippen molar-refractivity contribution in [1.29, 1.82) is 0 Å². The molecule has 0 bridgehead atoms. The number of nitrogens with one attached hydrogen (secondary N) is 1. The molecule has 1 heterocycles. The Kier molecular flexibility index (Phi) is 6.88. The minimum absolute atomic E-state index is 0.0252. The Morgan fingerprint density at radius 3 is 2.39 bits per heavy atom. The highest BCUT2D eigenvalue weighted by molar-refractivity contribution is 5.44. The molecule has 0 amide bonds. The average Bonchev–Trinajstić information content (AvgIpc) is 3.03. The third-order valence-corrected chi connectivity index (χ3v) is 5.71. The second-order valence-corrected chi connectivity index (χ2v) is 7.24. The zero-order valence-electron chi connectivity index (χ0n) is 16.7. The van der Waals surface area contributed by atoms with Crippen LogP contribution in [0.4, 0.5) is 4.39 Å². The number of aliphatic hydroxyl groups is 1. The first-order chi connectivity index (χ1) is 13.6. The molecule has 5 nitrogen and oxygen atoms in total. The summed E-state index contributed by atoms with van der Waals surface area (Å²) >= 11 is 0. The number of methoxy groups -OCH3 is 2. The van der Waals surface area contributed by atoms with Crippen molar-refractivity contribution in [2.24, 2.45) is 5.92 Å². The van der Waals surface area contributed by atoms with Crippen LogP contribution in [0, 0.1) is 11.7 Å². The van der Waals surface area contributed by atoms with E-state index >= 15 is 0 Å². The van der Waals surface area contributed by atoms with Gasteiger partial charge in [0.25, 0.3) is 0 Å². The summed E-state index contributed by atoms with van der Waals surface area (Å²) in [6.45, 7) is 1.35. The lowest BCUT2D eigenvalue weighted by atomic mass is 9.92. The van der Waals surface area contributed by atoms with Gasteiger partial charge in [0.1, 0.15) is 17.3 Å². The maximum Gasteiger partial charge on any atom is 0.127 e. The third kappa shape index (κ3) is 4.14. The maximum absolute atomic E-state index is 14.5. The lowest BCUT2D eigenvalue weighted by Crippen LogP contribution is -2.32. The molecule has 1 aliphatic rings. The van der Waals surface area contributed by atoms with Crippen LogP contribution in [-0.2, 0) is 6.54 Å². The summed E-state index contributed by atoms with van der Waals surface area (Å²) in [7, 11) is 5.25. The molecule has 6 heteroatoms. The smallest absolute Gasteiger partial charge is 0.127 e. The van der Waals surface area contributed by atoms with Crippen LogP contribution >= 0.6 is 0 Å².